The van der Waals surface area contributed by atoms with E-state index in [-0.39, 0.29) is 18.1 Å². The average molecular weight is 465 g/mol. The molecule has 33 heavy (non-hydrogen) atoms. The second-order valence-corrected chi connectivity index (χ2v) is 8.81. The number of benzene rings is 1. The Labute approximate surface area is 192 Å². The van der Waals surface area contributed by atoms with Gasteiger partial charge in [0.2, 0.25) is 0 Å². The summed E-state index contributed by atoms with van der Waals surface area (Å²) >= 11 is 0. The van der Waals surface area contributed by atoms with Crippen LogP contribution in [0.15, 0.2) is 78.5 Å². The summed E-state index contributed by atoms with van der Waals surface area (Å²) in [5.74, 6) is 1.27. The first-order valence-corrected chi connectivity index (χ1v) is 11.7. The van der Waals surface area contributed by atoms with Crippen LogP contribution in [0.1, 0.15) is 6.92 Å². The van der Waals surface area contributed by atoms with Crippen molar-refractivity contribution >= 4 is 43.6 Å². The number of fused-ring (bicyclic) bond motifs is 3. The van der Waals surface area contributed by atoms with Gasteiger partial charge in [0.15, 0.2) is 0 Å². The molecule has 0 aliphatic heterocycles. The number of nitrogens with one attached hydrogen (secondary N) is 1. The van der Waals surface area contributed by atoms with E-state index < -0.39 is 10.1 Å². The number of allylic oxidation sites excluding steroid dienone is 2. The quantitative estimate of drug-likeness (QED) is 0.218. The molecule has 4 rings (SSSR count). The Morgan fingerprint density at radius 3 is 2.82 bits per heavy atom. The van der Waals surface area contributed by atoms with Crippen molar-refractivity contribution in [3.8, 4) is 5.75 Å². The Hall–Kier alpha value is -3.69. The molecule has 0 amide bonds. The van der Waals surface area contributed by atoms with Crippen molar-refractivity contribution in [2.45, 2.75) is 6.92 Å². The predicted octanol–water partition coefficient (Wildman–Crippen LogP) is 4.68. The molecule has 4 aromatic rings. The van der Waals surface area contributed by atoms with E-state index in [1.54, 1.807) is 19.2 Å². The summed E-state index contributed by atoms with van der Waals surface area (Å²) in [6.07, 6.45) is 6.29. The van der Waals surface area contributed by atoms with Gasteiger partial charge in [0.05, 0.1) is 10.4 Å². The van der Waals surface area contributed by atoms with Gasteiger partial charge in [-0.25, -0.2) is 4.98 Å². The first kappa shape index (κ1) is 22.5. The van der Waals surface area contributed by atoms with Crippen LogP contribution in [0.2, 0.25) is 0 Å². The molecule has 3 aromatic heterocycles. The summed E-state index contributed by atoms with van der Waals surface area (Å²) in [5.41, 5.74) is 2.71. The molecule has 0 spiro atoms. The van der Waals surface area contributed by atoms with Crippen LogP contribution in [0.4, 0.5) is 11.5 Å². The fourth-order valence-electron chi connectivity index (χ4n) is 3.53. The molecule has 9 heteroatoms. The second-order valence-electron chi connectivity index (χ2n) is 7.19. The van der Waals surface area contributed by atoms with Gasteiger partial charge in [-0.2, -0.15) is 8.42 Å². The molecule has 0 bridgehead atoms. The summed E-state index contributed by atoms with van der Waals surface area (Å²) in [5, 5.41) is 5.38. The third-order valence-corrected chi connectivity index (χ3v) is 6.57. The van der Waals surface area contributed by atoms with Crippen LogP contribution in [-0.2, 0) is 21.3 Å². The molecule has 0 unspecified atom stereocenters. The van der Waals surface area contributed by atoms with Crippen molar-refractivity contribution in [1.29, 1.82) is 0 Å². The van der Waals surface area contributed by atoms with E-state index in [0.717, 1.165) is 27.6 Å². The highest BCUT2D eigenvalue weighted by molar-refractivity contribution is 7.90. The first-order valence-electron chi connectivity index (χ1n) is 10.3. The summed E-state index contributed by atoms with van der Waals surface area (Å²) in [4.78, 5) is 9.00. The van der Waals surface area contributed by atoms with E-state index in [0.29, 0.717) is 11.6 Å². The lowest BCUT2D eigenvalue weighted by Crippen LogP contribution is -2.13. The maximum Gasteiger partial charge on any atom is 0.296 e. The largest absolute Gasteiger partial charge is 0.491 e. The summed E-state index contributed by atoms with van der Waals surface area (Å²) in [6, 6.07) is 13.2. The van der Waals surface area contributed by atoms with E-state index >= 15 is 0 Å². The average Bonchev–Trinajstić information content (AvgIpc) is 3.09. The number of nitrogens with zero attached hydrogens (tertiary/aromatic N) is 3. The van der Waals surface area contributed by atoms with Crippen LogP contribution in [0.3, 0.4) is 0 Å². The summed E-state index contributed by atoms with van der Waals surface area (Å²) in [7, 11) is -1.84. The van der Waals surface area contributed by atoms with E-state index in [1.807, 2.05) is 54.2 Å². The zero-order valence-corrected chi connectivity index (χ0v) is 19.2. The Morgan fingerprint density at radius 1 is 1.18 bits per heavy atom. The van der Waals surface area contributed by atoms with Crippen LogP contribution >= 0.6 is 0 Å². The van der Waals surface area contributed by atoms with Crippen molar-refractivity contribution in [3.63, 3.8) is 0 Å². The van der Waals surface area contributed by atoms with Gasteiger partial charge in [-0.15, -0.1) is 0 Å². The Balaban J connectivity index is 1.43. The molecule has 0 atom stereocenters. The van der Waals surface area contributed by atoms with Crippen LogP contribution < -0.4 is 10.1 Å². The van der Waals surface area contributed by atoms with Crippen LogP contribution in [0.5, 0.6) is 5.75 Å². The second kappa shape index (κ2) is 9.43. The third kappa shape index (κ3) is 4.74. The van der Waals surface area contributed by atoms with Crippen molar-refractivity contribution in [2.24, 2.45) is 7.05 Å². The predicted molar refractivity (Wildman–Crippen MR) is 130 cm³/mol. The number of pyridine rings is 2. The number of ether oxygens (including phenoxy) is 1. The van der Waals surface area contributed by atoms with E-state index in [2.05, 4.69) is 16.9 Å². The van der Waals surface area contributed by atoms with Gasteiger partial charge in [-0.1, -0.05) is 18.7 Å². The number of rotatable bonds is 9. The van der Waals surface area contributed by atoms with Gasteiger partial charge in [-0.05, 0) is 43.3 Å². The molecule has 8 nitrogen and oxygen atoms in total. The van der Waals surface area contributed by atoms with Gasteiger partial charge in [-0.3, -0.25) is 9.17 Å². The van der Waals surface area contributed by atoms with Gasteiger partial charge in [0, 0.05) is 42.0 Å². The Kier molecular flexibility index (Phi) is 6.43. The van der Waals surface area contributed by atoms with Crippen LogP contribution in [0, 0.1) is 0 Å². The lowest BCUT2D eigenvalue weighted by atomic mass is 10.2. The van der Waals surface area contributed by atoms with Crippen LogP contribution in [0.25, 0.3) is 21.9 Å². The van der Waals surface area contributed by atoms with Gasteiger partial charge >= 0.3 is 0 Å². The SMILES string of the molecule is C=CC(=CC)S(=O)(=O)OCCOc1cccc(Nc2ccc3c4cnccc4n(C)c3n2)c1. The smallest absolute Gasteiger partial charge is 0.296 e. The molecule has 3 heterocycles. The monoisotopic (exact) mass is 464 g/mol. The molecule has 0 aliphatic carbocycles. The minimum absolute atomic E-state index is 0.0283. The summed E-state index contributed by atoms with van der Waals surface area (Å²) < 4.78 is 36.7. The lowest BCUT2D eigenvalue weighted by Gasteiger charge is -2.10. The first-order chi connectivity index (χ1) is 15.9. The van der Waals surface area contributed by atoms with Crippen LogP contribution in [-0.4, -0.2) is 36.2 Å². The zero-order valence-electron chi connectivity index (χ0n) is 18.4. The Morgan fingerprint density at radius 2 is 2.03 bits per heavy atom. The fraction of sp³-hybridized carbons (Fsp3) is 0.167. The van der Waals surface area contributed by atoms with Crippen molar-refractivity contribution in [2.75, 3.05) is 18.5 Å². The van der Waals surface area contributed by atoms with Gasteiger partial charge in [0.25, 0.3) is 10.1 Å². The Bertz CT molecular complexity index is 1460. The van der Waals surface area contributed by atoms with E-state index in [9.17, 15) is 8.42 Å². The molecule has 0 fully saturated rings. The normalized spacial score (nSPS) is 12.2. The maximum atomic E-state index is 12.0. The van der Waals surface area contributed by atoms with Crippen molar-refractivity contribution in [3.05, 3.63) is 78.5 Å². The number of anilines is 2. The van der Waals surface area contributed by atoms with Gasteiger partial charge in [0.1, 0.15) is 30.4 Å². The highest BCUT2D eigenvalue weighted by atomic mass is 32.2. The molecule has 1 N–H and O–H groups in total. The van der Waals surface area contributed by atoms with E-state index in [1.165, 1.54) is 12.2 Å². The molecule has 0 saturated heterocycles. The summed E-state index contributed by atoms with van der Waals surface area (Å²) in [6.45, 7) is 5.05. The minimum Gasteiger partial charge on any atom is -0.491 e. The molecule has 170 valence electrons. The number of hydrogen-bond acceptors (Lipinski definition) is 7. The topological polar surface area (TPSA) is 95.3 Å². The minimum atomic E-state index is -3.82. The number of hydrogen-bond donors (Lipinski definition) is 1. The number of aromatic nitrogens is 3. The fourth-order valence-corrected chi connectivity index (χ4v) is 4.45. The van der Waals surface area contributed by atoms with Gasteiger partial charge < -0.3 is 14.6 Å². The third-order valence-electron chi connectivity index (χ3n) is 5.11. The van der Waals surface area contributed by atoms with E-state index in [4.69, 9.17) is 13.9 Å². The highest BCUT2D eigenvalue weighted by Crippen LogP contribution is 2.28. The molecular weight excluding hydrogens is 440 g/mol. The lowest BCUT2D eigenvalue weighted by molar-refractivity contribution is 0.223. The molecule has 0 saturated carbocycles. The van der Waals surface area contributed by atoms with Crippen molar-refractivity contribution in [1.82, 2.24) is 14.5 Å². The molecule has 1 aromatic carbocycles. The standard InChI is InChI=1S/C24H24N4O4S/c1-4-19(5-2)33(29,30)32-14-13-31-18-8-6-7-17(15-18)26-23-10-9-20-21-16-25-12-11-22(21)28(3)24(20)27-23/h4-12,15-16H,1,13-14H2,2-3H3,(H,26,27). The van der Waals surface area contributed by atoms with Crippen molar-refractivity contribution < 1.29 is 17.3 Å². The highest BCUT2D eigenvalue weighted by Gasteiger charge is 2.15. The maximum absolute atomic E-state index is 12.0. The zero-order chi connectivity index (χ0) is 23.4. The molecule has 0 radical (unpaired) electrons. The number of aryl methyl sites for hydroxylation is 1. The molecular formula is C24H24N4O4S. The molecule has 0 aliphatic rings.